The highest BCUT2D eigenvalue weighted by Crippen LogP contribution is 2.19. The number of hydrogen-bond donors (Lipinski definition) is 2. The van der Waals surface area contributed by atoms with Crippen LogP contribution < -0.4 is 16.2 Å². The van der Waals surface area contributed by atoms with Gasteiger partial charge in [0.05, 0.1) is 17.2 Å². The first kappa shape index (κ1) is 19.8. The van der Waals surface area contributed by atoms with Crippen LogP contribution in [-0.4, -0.2) is 15.5 Å². The van der Waals surface area contributed by atoms with Crippen molar-refractivity contribution in [3.8, 4) is 0 Å². The highest BCUT2D eigenvalue weighted by molar-refractivity contribution is 9.10. The second-order valence-corrected chi connectivity index (χ2v) is 7.69. The van der Waals surface area contributed by atoms with E-state index >= 15 is 0 Å². The van der Waals surface area contributed by atoms with E-state index < -0.39 is 0 Å². The van der Waals surface area contributed by atoms with Gasteiger partial charge in [0.2, 0.25) is 5.91 Å². The van der Waals surface area contributed by atoms with Crippen molar-refractivity contribution >= 4 is 49.8 Å². The van der Waals surface area contributed by atoms with Crippen LogP contribution in [0.1, 0.15) is 6.42 Å². The number of nitrogens with one attached hydrogen (secondary N) is 2. The molecule has 0 atom stereocenters. The zero-order valence-corrected chi connectivity index (χ0v) is 17.6. The van der Waals surface area contributed by atoms with Crippen molar-refractivity contribution in [3.05, 3.63) is 94.0 Å². The molecule has 0 radical (unpaired) electrons. The van der Waals surface area contributed by atoms with Gasteiger partial charge in [-0.1, -0.05) is 34.1 Å². The van der Waals surface area contributed by atoms with Crippen molar-refractivity contribution in [2.45, 2.75) is 13.0 Å². The molecule has 30 heavy (non-hydrogen) atoms. The summed E-state index contributed by atoms with van der Waals surface area (Å²) in [5.74, 6) is -0.167. The Hall–Kier alpha value is -3.45. The number of carbonyl (C=O) groups is 1. The summed E-state index contributed by atoms with van der Waals surface area (Å²) in [4.78, 5) is 29.2. The van der Waals surface area contributed by atoms with Crippen LogP contribution in [0.2, 0.25) is 0 Å². The third-order valence-corrected chi connectivity index (χ3v) is 5.09. The zero-order chi connectivity index (χ0) is 20.9. The lowest BCUT2D eigenvalue weighted by molar-refractivity contribution is -0.116. The Bertz CT molecular complexity index is 1240. The summed E-state index contributed by atoms with van der Waals surface area (Å²) < 4.78 is 2.27. The lowest BCUT2D eigenvalue weighted by Gasteiger charge is -2.10. The van der Waals surface area contributed by atoms with Gasteiger partial charge in [0.1, 0.15) is 0 Å². The predicted molar refractivity (Wildman–Crippen MR) is 123 cm³/mol. The molecule has 4 aromatic rings. The quantitative estimate of drug-likeness (QED) is 0.425. The number of anilines is 3. The van der Waals surface area contributed by atoms with Crippen molar-refractivity contribution in [1.29, 1.82) is 0 Å². The summed E-state index contributed by atoms with van der Waals surface area (Å²) >= 11 is 3.37. The molecule has 4 rings (SSSR count). The van der Waals surface area contributed by atoms with Crippen LogP contribution in [0.25, 0.3) is 10.9 Å². The second kappa shape index (κ2) is 8.92. The normalized spacial score (nSPS) is 10.7. The average molecular weight is 463 g/mol. The molecule has 1 heterocycles. The SMILES string of the molecule is O=C(CCn1cnc2ccc(Br)cc2c1=O)Nc1ccc(Nc2ccccc2)cc1. The number of carbonyl (C=O) groups excluding carboxylic acids is 1. The topological polar surface area (TPSA) is 76.0 Å². The zero-order valence-electron chi connectivity index (χ0n) is 16.0. The molecule has 0 spiro atoms. The molecule has 3 aromatic carbocycles. The summed E-state index contributed by atoms with van der Waals surface area (Å²) in [5, 5.41) is 6.68. The Labute approximate surface area is 181 Å². The van der Waals surface area contributed by atoms with Crippen LogP contribution in [0, 0.1) is 0 Å². The highest BCUT2D eigenvalue weighted by Gasteiger charge is 2.08. The van der Waals surface area contributed by atoms with Crippen molar-refractivity contribution in [1.82, 2.24) is 9.55 Å². The van der Waals surface area contributed by atoms with Gasteiger partial charge in [0.25, 0.3) is 5.56 Å². The molecule has 2 N–H and O–H groups in total. The van der Waals surface area contributed by atoms with E-state index in [9.17, 15) is 9.59 Å². The Kier molecular flexibility index (Phi) is 5.90. The smallest absolute Gasteiger partial charge is 0.261 e. The van der Waals surface area contributed by atoms with E-state index in [4.69, 9.17) is 0 Å². The van der Waals surface area contributed by atoms with E-state index in [1.54, 1.807) is 12.1 Å². The van der Waals surface area contributed by atoms with Crippen molar-refractivity contribution < 1.29 is 4.79 Å². The number of benzene rings is 3. The fraction of sp³-hybridized carbons (Fsp3) is 0.0870. The van der Waals surface area contributed by atoms with E-state index in [-0.39, 0.29) is 24.4 Å². The number of hydrogen-bond acceptors (Lipinski definition) is 4. The van der Waals surface area contributed by atoms with Crippen molar-refractivity contribution in [2.24, 2.45) is 0 Å². The van der Waals surface area contributed by atoms with Gasteiger partial charge >= 0.3 is 0 Å². The number of rotatable bonds is 6. The molecule has 6 nitrogen and oxygen atoms in total. The van der Waals surface area contributed by atoms with Crippen LogP contribution in [-0.2, 0) is 11.3 Å². The van der Waals surface area contributed by atoms with Gasteiger partial charge in [0, 0.05) is 34.5 Å². The molecule has 0 aliphatic rings. The standard InChI is InChI=1S/C23H19BrN4O2/c24-16-6-11-21-20(14-16)23(30)28(15-25-21)13-12-22(29)27-19-9-7-18(8-10-19)26-17-4-2-1-3-5-17/h1-11,14-15,26H,12-13H2,(H,27,29). The third-order valence-electron chi connectivity index (χ3n) is 4.60. The van der Waals surface area contributed by atoms with Crippen molar-refractivity contribution in [2.75, 3.05) is 10.6 Å². The monoisotopic (exact) mass is 462 g/mol. The van der Waals surface area contributed by atoms with Crippen LogP contribution >= 0.6 is 15.9 Å². The summed E-state index contributed by atoms with van der Waals surface area (Å²) in [5.41, 5.74) is 3.10. The first-order valence-corrected chi connectivity index (χ1v) is 10.2. The highest BCUT2D eigenvalue weighted by atomic mass is 79.9. The lowest BCUT2D eigenvalue weighted by Crippen LogP contribution is -2.23. The molecule has 1 amide bonds. The minimum atomic E-state index is -0.167. The Morgan fingerprint density at radius 1 is 0.933 bits per heavy atom. The molecule has 0 fully saturated rings. The number of aryl methyl sites for hydroxylation is 1. The number of amides is 1. The van der Waals surface area contributed by atoms with Crippen LogP contribution in [0.4, 0.5) is 17.1 Å². The maximum absolute atomic E-state index is 12.6. The molecule has 0 saturated carbocycles. The number of halogens is 1. The minimum Gasteiger partial charge on any atom is -0.356 e. The van der Waals surface area contributed by atoms with Gasteiger partial charge in [-0.25, -0.2) is 4.98 Å². The lowest BCUT2D eigenvalue weighted by atomic mass is 10.2. The van der Waals surface area contributed by atoms with Crippen LogP contribution in [0.5, 0.6) is 0 Å². The molecule has 0 saturated heterocycles. The van der Waals surface area contributed by atoms with E-state index in [0.717, 1.165) is 15.8 Å². The van der Waals surface area contributed by atoms with Gasteiger partial charge in [-0.05, 0) is 54.6 Å². The van der Waals surface area contributed by atoms with Gasteiger partial charge < -0.3 is 10.6 Å². The number of fused-ring (bicyclic) bond motifs is 1. The molecule has 0 unspecified atom stereocenters. The average Bonchev–Trinajstić information content (AvgIpc) is 2.76. The maximum atomic E-state index is 12.6. The molecule has 0 bridgehead atoms. The molecule has 0 aliphatic carbocycles. The summed E-state index contributed by atoms with van der Waals surface area (Å²) in [7, 11) is 0. The fourth-order valence-electron chi connectivity index (χ4n) is 3.06. The first-order chi connectivity index (χ1) is 14.6. The number of para-hydroxylation sites is 1. The van der Waals surface area contributed by atoms with Crippen LogP contribution in [0.3, 0.4) is 0 Å². The maximum Gasteiger partial charge on any atom is 0.261 e. The Balaban J connectivity index is 1.36. The molecule has 7 heteroatoms. The summed E-state index contributed by atoms with van der Waals surface area (Å²) in [6.07, 6.45) is 1.65. The molecule has 150 valence electrons. The van der Waals surface area contributed by atoms with E-state index in [1.165, 1.54) is 10.9 Å². The molecule has 0 aliphatic heterocycles. The van der Waals surface area contributed by atoms with Crippen molar-refractivity contribution in [3.63, 3.8) is 0 Å². The van der Waals surface area contributed by atoms with Gasteiger partial charge in [-0.3, -0.25) is 14.2 Å². The molecular formula is C23H19BrN4O2. The summed E-state index contributed by atoms with van der Waals surface area (Å²) in [6.45, 7) is 0.258. The number of nitrogens with zero attached hydrogens (tertiary/aromatic N) is 2. The Morgan fingerprint density at radius 2 is 1.63 bits per heavy atom. The fourth-order valence-corrected chi connectivity index (χ4v) is 3.42. The van der Waals surface area contributed by atoms with Crippen LogP contribution in [0.15, 0.2) is 88.4 Å². The first-order valence-electron chi connectivity index (χ1n) is 9.45. The minimum absolute atomic E-state index is 0.162. The number of aromatic nitrogens is 2. The van der Waals surface area contributed by atoms with Gasteiger partial charge in [0.15, 0.2) is 0 Å². The third kappa shape index (κ3) is 4.75. The molecular weight excluding hydrogens is 444 g/mol. The largest absolute Gasteiger partial charge is 0.356 e. The summed E-state index contributed by atoms with van der Waals surface area (Å²) in [6, 6.07) is 22.7. The van der Waals surface area contributed by atoms with E-state index in [1.807, 2.05) is 60.7 Å². The van der Waals surface area contributed by atoms with E-state index in [2.05, 4.69) is 31.5 Å². The van der Waals surface area contributed by atoms with E-state index in [0.29, 0.717) is 16.6 Å². The van der Waals surface area contributed by atoms with Gasteiger partial charge in [-0.2, -0.15) is 0 Å². The van der Waals surface area contributed by atoms with Gasteiger partial charge in [-0.15, -0.1) is 0 Å². The Morgan fingerprint density at radius 3 is 2.40 bits per heavy atom. The second-order valence-electron chi connectivity index (χ2n) is 6.77. The molecule has 1 aromatic heterocycles. The predicted octanol–water partition coefficient (Wildman–Crippen LogP) is 4.93.